The molecule has 33 heavy (non-hydrogen) atoms. The molecule has 166 valence electrons. The number of benzene rings is 3. The van der Waals surface area contributed by atoms with Crippen LogP contribution in [-0.2, 0) is 21.7 Å². The van der Waals surface area contributed by atoms with Gasteiger partial charge >= 0.3 is 6.03 Å². The van der Waals surface area contributed by atoms with Crippen LogP contribution < -0.4 is 5.32 Å². The zero-order chi connectivity index (χ0) is 22.8. The second-order valence-electron chi connectivity index (χ2n) is 8.54. The molecule has 3 aromatic rings. The van der Waals surface area contributed by atoms with Crippen LogP contribution in [0.5, 0.6) is 0 Å². The summed E-state index contributed by atoms with van der Waals surface area (Å²) in [4.78, 5) is 43.0. The molecule has 0 atom stereocenters. The van der Waals surface area contributed by atoms with E-state index in [1.54, 1.807) is 4.90 Å². The SMILES string of the molecule is O=C1NC(c2ccccc2)(c2ccccc2)C(=O)N1CC(=O)N(Cc1ccccc1)C1CC1. The highest BCUT2D eigenvalue weighted by atomic mass is 16.2. The summed E-state index contributed by atoms with van der Waals surface area (Å²) in [5.41, 5.74) is 0.988. The number of hydrogen-bond donors (Lipinski definition) is 1. The van der Waals surface area contributed by atoms with E-state index in [2.05, 4.69) is 5.32 Å². The average Bonchev–Trinajstić information content (AvgIpc) is 3.67. The van der Waals surface area contributed by atoms with Gasteiger partial charge in [0, 0.05) is 12.6 Å². The maximum absolute atomic E-state index is 13.8. The van der Waals surface area contributed by atoms with Gasteiger partial charge in [-0.05, 0) is 29.5 Å². The Kier molecular flexibility index (Phi) is 5.42. The molecule has 1 heterocycles. The van der Waals surface area contributed by atoms with Crippen LogP contribution in [0.3, 0.4) is 0 Å². The lowest BCUT2D eigenvalue weighted by Gasteiger charge is -2.28. The maximum atomic E-state index is 13.8. The summed E-state index contributed by atoms with van der Waals surface area (Å²) in [7, 11) is 0. The predicted octanol–water partition coefficient (Wildman–Crippen LogP) is 3.67. The van der Waals surface area contributed by atoms with Gasteiger partial charge in [0.05, 0.1) is 0 Å². The number of urea groups is 1. The first-order chi connectivity index (χ1) is 16.1. The van der Waals surface area contributed by atoms with E-state index < -0.39 is 17.5 Å². The van der Waals surface area contributed by atoms with Crippen LogP contribution in [0, 0.1) is 0 Å². The minimum atomic E-state index is -1.36. The van der Waals surface area contributed by atoms with Gasteiger partial charge in [0.1, 0.15) is 6.54 Å². The van der Waals surface area contributed by atoms with Crippen molar-refractivity contribution in [1.29, 1.82) is 0 Å². The van der Waals surface area contributed by atoms with Crippen molar-refractivity contribution < 1.29 is 14.4 Å². The molecule has 1 aliphatic heterocycles. The largest absolute Gasteiger partial charge is 0.334 e. The first kappa shape index (κ1) is 20.9. The van der Waals surface area contributed by atoms with Gasteiger partial charge in [0.25, 0.3) is 5.91 Å². The highest BCUT2D eigenvalue weighted by Crippen LogP contribution is 2.36. The molecule has 2 fully saturated rings. The number of amides is 4. The van der Waals surface area contributed by atoms with Crippen LogP contribution in [0.25, 0.3) is 0 Å². The zero-order valence-electron chi connectivity index (χ0n) is 18.2. The molecule has 4 amide bonds. The van der Waals surface area contributed by atoms with Gasteiger partial charge in [-0.1, -0.05) is 91.0 Å². The number of nitrogens with one attached hydrogen (secondary N) is 1. The van der Waals surface area contributed by atoms with E-state index in [4.69, 9.17) is 0 Å². The first-order valence-electron chi connectivity index (χ1n) is 11.2. The molecule has 1 saturated carbocycles. The molecule has 0 unspecified atom stereocenters. The van der Waals surface area contributed by atoms with Crippen molar-refractivity contribution >= 4 is 17.8 Å². The third-order valence-electron chi connectivity index (χ3n) is 6.32. The van der Waals surface area contributed by atoms with Crippen LogP contribution in [0.2, 0.25) is 0 Å². The monoisotopic (exact) mass is 439 g/mol. The molecule has 6 nitrogen and oxygen atoms in total. The summed E-state index contributed by atoms with van der Waals surface area (Å²) in [6.07, 6.45) is 1.88. The molecule has 3 aromatic carbocycles. The highest BCUT2D eigenvalue weighted by Gasteiger charge is 2.54. The fourth-order valence-corrected chi connectivity index (χ4v) is 4.47. The third-order valence-corrected chi connectivity index (χ3v) is 6.32. The van der Waals surface area contributed by atoms with E-state index in [0.29, 0.717) is 17.7 Å². The van der Waals surface area contributed by atoms with Gasteiger partial charge in [-0.25, -0.2) is 4.79 Å². The maximum Gasteiger partial charge on any atom is 0.326 e. The molecule has 0 bridgehead atoms. The van der Waals surface area contributed by atoms with Crippen molar-refractivity contribution in [3.8, 4) is 0 Å². The molecule has 0 radical (unpaired) electrons. The molecule has 6 heteroatoms. The Balaban J connectivity index is 1.44. The van der Waals surface area contributed by atoms with Crippen molar-refractivity contribution in [2.45, 2.75) is 31.0 Å². The topological polar surface area (TPSA) is 69.7 Å². The van der Waals surface area contributed by atoms with E-state index in [0.717, 1.165) is 23.3 Å². The van der Waals surface area contributed by atoms with E-state index in [1.807, 2.05) is 91.0 Å². The standard InChI is InChI=1S/C27H25N3O3/c31-24(29(23-16-17-23)18-20-10-4-1-5-11-20)19-30-25(32)27(28-26(30)33,21-12-6-2-7-13-21)22-14-8-3-9-15-22/h1-15,23H,16-19H2,(H,28,33). The minimum Gasteiger partial charge on any atom is -0.334 e. The Morgan fingerprint density at radius 2 is 1.36 bits per heavy atom. The van der Waals surface area contributed by atoms with Gasteiger partial charge in [-0.3, -0.25) is 14.5 Å². The van der Waals surface area contributed by atoms with Gasteiger partial charge in [0.2, 0.25) is 5.91 Å². The summed E-state index contributed by atoms with van der Waals surface area (Å²) in [5, 5.41) is 2.91. The summed E-state index contributed by atoms with van der Waals surface area (Å²) < 4.78 is 0. The average molecular weight is 440 g/mol. The number of hydrogen-bond acceptors (Lipinski definition) is 3. The molecule has 0 spiro atoms. The van der Waals surface area contributed by atoms with Gasteiger partial charge in [-0.2, -0.15) is 0 Å². The Labute approximate surface area is 192 Å². The smallest absolute Gasteiger partial charge is 0.326 e. The van der Waals surface area contributed by atoms with E-state index in [-0.39, 0.29) is 18.5 Å². The van der Waals surface area contributed by atoms with Gasteiger partial charge in [-0.15, -0.1) is 0 Å². The summed E-state index contributed by atoms with van der Waals surface area (Å²) in [6.45, 7) is 0.186. The number of nitrogens with zero attached hydrogens (tertiary/aromatic N) is 2. The molecule has 1 aliphatic carbocycles. The van der Waals surface area contributed by atoms with Gasteiger partial charge in [0.15, 0.2) is 5.54 Å². The van der Waals surface area contributed by atoms with Crippen molar-refractivity contribution in [3.63, 3.8) is 0 Å². The van der Waals surface area contributed by atoms with Crippen LogP contribution in [0.15, 0.2) is 91.0 Å². The number of rotatable bonds is 7. The van der Waals surface area contributed by atoms with Crippen molar-refractivity contribution in [3.05, 3.63) is 108 Å². The molecule has 0 aromatic heterocycles. The Bertz CT molecular complexity index is 1120. The highest BCUT2D eigenvalue weighted by molar-refractivity contribution is 6.11. The van der Waals surface area contributed by atoms with E-state index >= 15 is 0 Å². The Morgan fingerprint density at radius 3 is 1.88 bits per heavy atom. The molecular weight excluding hydrogens is 414 g/mol. The normalized spacial score (nSPS) is 17.0. The van der Waals surface area contributed by atoms with E-state index in [1.165, 1.54) is 0 Å². The van der Waals surface area contributed by atoms with Crippen molar-refractivity contribution in [1.82, 2.24) is 15.1 Å². The molecule has 2 aliphatic rings. The molecule has 1 N–H and O–H groups in total. The lowest BCUT2D eigenvalue weighted by Crippen LogP contribution is -2.46. The van der Waals surface area contributed by atoms with Crippen LogP contribution in [0.4, 0.5) is 4.79 Å². The number of carbonyl (C=O) groups is 3. The third kappa shape index (κ3) is 3.89. The van der Waals surface area contributed by atoms with Crippen molar-refractivity contribution in [2.75, 3.05) is 6.54 Å². The Morgan fingerprint density at radius 1 is 0.848 bits per heavy atom. The quantitative estimate of drug-likeness (QED) is 0.571. The second-order valence-corrected chi connectivity index (χ2v) is 8.54. The molecule has 1 saturated heterocycles. The summed E-state index contributed by atoms with van der Waals surface area (Å²) in [5.74, 6) is -0.657. The van der Waals surface area contributed by atoms with Gasteiger partial charge < -0.3 is 10.2 Å². The molecular formula is C27H25N3O3. The minimum absolute atomic E-state index is 0.159. The predicted molar refractivity (Wildman–Crippen MR) is 124 cm³/mol. The Hall–Kier alpha value is -3.93. The van der Waals surface area contributed by atoms with Crippen LogP contribution in [0.1, 0.15) is 29.5 Å². The fraction of sp³-hybridized carbons (Fsp3) is 0.222. The lowest BCUT2D eigenvalue weighted by molar-refractivity contribution is -0.139. The zero-order valence-corrected chi connectivity index (χ0v) is 18.2. The first-order valence-corrected chi connectivity index (χ1v) is 11.2. The number of imide groups is 1. The lowest BCUT2D eigenvalue weighted by atomic mass is 9.82. The summed E-state index contributed by atoms with van der Waals surface area (Å²) >= 11 is 0. The van der Waals surface area contributed by atoms with Crippen LogP contribution >= 0.6 is 0 Å². The van der Waals surface area contributed by atoms with E-state index in [9.17, 15) is 14.4 Å². The summed E-state index contributed by atoms with van der Waals surface area (Å²) in [6, 6.07) is 27.7. The van der Waals surface area contributed by atoms with Crippen molar-refractivity contribution in [2.24, 2.45) is 0 Å². The second kappa shape index (κ2) is 8.54. The van der Waals surface area contributed by atoms with Crippen LogP contribution in [-0.4, -0.2) is 40.2 Å². The molecule has 5 rings (SSSR count). The number of carbonyl (C=O) groups excluding carboxylic acids is 3. The fourth-order valence-electron chi connectivity index (χ4n) is 4.47.